The molecule has 2 aliphatic heterocycles. The maximum atomic E-state index is 12.6. The molecule has 2 bridgehead atoms. The van der Waals surface area contributed by atoms with Gasteiger partial charge in [-0.1, -0.05) is 19.9 Å². The Labute approximate surface area is 146 Å². The molecule has 0 aromatic carbocycles. The van der Waals surface area contributed by atoms with E-state index < -0.39 is 12.0 Å². The van der Waals surface area contributed by atoms with Crippen molar-refractivity contribution in [2.45, 2.75) is 45.2 Å². The number of likely N-dealkylation sites (tertiary alicyclic amines) is 1. The summed E-state index contributed by atoms with van der Waals surface area (Å²) in [7, 11) is 0. The summed E-state index contributed by atoms with van der Waals surface area (Å²) in [5.74, 6) is -0.469. The van der Waals surface area contributed by atoms with Gasteiger partial charge in [0.1, 0.15) is 6.04 Å². The van der Waals surface area contributed by atoms with E-state index in [-0.39, 0.29) is 29.3 Å². The van der Waals surface area contributed by atoms with Gasteiger partial charge in [0.25, 0.3) is 5.56 Å². The molecule has 0 saturated carbocycles. The Kier molecular flexibility index (Phi) is 4.83. The van der Waals surface area contributed by atoms with Crippen LogP contribution < -0.4 is 10.9 Å². The normalized spacial score (nSPS) is 23.1. The number of carboxylic acid groups (broad SMARTS) is 1. The monoisotopic (exact) mass is 347 g/mol. The van der Waals surface area contributed by atoms with Gasteiger partial charge in [0.15, 0.2) is 0 Å². The minimum absolute atomic E-state index is 0.00739. The third kappa shape index (κ3) is 3.70. The Bertz CT molecular complexity index is 727. The topological polar surface area (TPSA) is 91.6 Å². The van der Waals surface area contributed by atoms with Crippen LogP contribution in [0.3, 0.4) is 0 Å². The van der Waals surface area contributed by atoms with Crippen LogP contribution >= 0.6 is 0 Å². The average molecular weight is 347 g/mol. The van der Waals surface area contributed by atoms with Gasteiger partial charge in [-0.3, -0.25) is 4.79 Å². The van der Waals surface area contributed by atoms with Crippen LogP contribution in [0.2, 0.25) is 0 Å². The zero-order chi connectivity index (χ0) is 18.1. The Hall–Kier alpha value is -2.31. The second kappa shape index (κ2) is 6.90. The number of carboxylic acids is 1. The number of rotatable bonds is 4. The van der Waals surface area contributed by atoms with Crippen LogP contribution in [0.5, 0.6) is 0 Å². The van der Waals surface area contributed by atoms with Crippen LogP contribution in [-0.4, -0.2) is 45.7 Å². The molecule has 0 radical (unpaired) electrons. The van der Waals surface area contributed by atoms with Crippen molar-refractivity contribution in [3.8, 4) is 0 Å². The van der Waals surface area contributed by atoms with Gasteiger partial charge in [0, 0.05) is 37.3 Å². The molecule has 2 aliphatic rings. The molecule has 7 heteroatoms. The lowest BCUT2D eigenvalue weighted by Crippen LogP contribution is -2.54. The highest BCUT2D eigenvalue weighted by molar-refractivity contribution is 5.82. The fourth-order valence-corrected chi connectivity index (χ4v) is 4.00. The van der Waals surface area contributed by atoms with Crippen LogP contribution in [0.25, 0.3) is 0 Å². The van der Waals surface area contributed by atoms with E-state index in [1.165, 1.54) is 0 Å². The number of hydrogen-bond acceptors (Lipinski definition) is 3. The highest BCUT2D eigenvalue weighted by atomic mass is 16.4. The van der Waals surface area contributed by atoms with Crippen molar-refractivity contribution in [2.75, 3.05) is 13.1 Å². The number of piperidine rings is 1. The van der Waals surface area contributed by atoms with Crippen LogP contribution in [0.4, 0.5) is 4.79 Å². The first-order chi connectivity index (χ1) is 11.8. The minimum atomic E-state index is -1.00. The molecular formula is C18H25N3O4. The standard InChI is InChI=1S/C18H25N3O4/c1-11(2)6-14(17(23)24)19-18(25)20-8-12-7-13(10-20)15-4-3-5-16(22)21(15)9-12/h3-5,11-14H,6-10H2,1-2H3,(H,19,25)(H,23,24)/t12-,13+,14+/m1/s1. The van der Waals surface area contributed by atoms with Crippen molar-refractivity contribution in [3.63, 3.8) is 0 Å². The molecule has 0 spiro atoms. The summed E-state index contributed by atoms with van der Waals surface area (Å²) in [5.41, 5.74) is 0.978. The second-order valence-corrected chi connectivity index (χ2v) is 7.57. The Balaban J connectivity index is 1.72. The van der Waals surface area contributed by atoms with E-state index in [9.17, 15) is 19.5 Å². The summed E-state index contributed by atoms with van der Waals surface area (Å²) in [6, 6.07) is 4.08. The molecule has 0 aliphatic carbocycles. The van der Waals surface area contributed by atoms with Crippen LogP contribution in [0, 0.1) is 11.8 Å². The van der Waals surface area contributed by atoms with Gasteiger partial charge in [0.2, 0.25) is 0 Å². The molecule has 2 N–H and O–H groups in total. The first-order valence-electron chi connectivity index (χ1n) is 8.83. The van der Waals surface area contributed by atoms with E-state index in [0.29, 0.717) is 26.1 Å². The van der Waals surface area contributed by atoms with Crippen molar-refractivity contribution in [3.05, 3.63) is 34.2 Å². The lowest BCUT2D eigenvalue weighted by atomic mass is 9.83. The molecule has 3 heterocycles. The van der Waals surface area contributed by atoms with Gasteiger partial charge in [-0.25, -0.2) is 9.59 Å². The van der Waals surface area contributed by atoms with Gasteiger partial charge in [-0.2, -0.15) is 0 Å². The molecule has 3 atom stereocenters. The predicted molar refractivity (Wildman–Crippen MR) is 92.5 cm³/mol. The van der Waals surface area contributed by atoms with Crippen molar-refractivity contribution in [1.82, 2.24) is 14.8 Å². The molecule has 1 aromatic rings. The maximum absolute atomic E-state index is 12.6. The number of pyridine rings is 1. The Morgan fingerprint density at radius 2 is 2.04 bits per heavy atom. The molecule has 1 fully saturated rings. The van der Waals surface area contributed by atoms with E-state index in [1.807, 2.05) is 24.5 Å². The number of nitrogens with zero attached hydrogens (tertiary/aromatic N) is 2. The maximum Gasteiger partial charge on any atom is 0.326 e. The van der Waals surface area contributed by atoms with E-state index in [2.05, 4.69) is 5.32 Å². The van der Waals surface area contributed by atoms with E-state index in [4.69, 9.17) is 0 Å². The second-order valence-electron chi connectivity index (χ2n) is 7.57. The molecule has 2 amide bonds. The molecule has 1 aromatic heterocycles. The van der Waals surface area contributed by atoms with E-state index in [1.54, 1.807) is 17.0 Å². The quantitative estimate of drug-likeness (QED) is 0.863. The zero-order valence-electron chi connectivity index (χ0n) is 14.6. The summed E-state index contributed by atoms with van der Waals surface area (Å²) >= 11 is 0. The fraction of sp³-hybridized carbons (Fsp3) is 0.611. The molecule has 1 saturated heterocycles. The molecule has 25 heavy (non-hydrogen) atoms. The third-order valence-electron chi connectivity index (χ3n) is 5.07. The van der Waals surface area contributed by atoms with Gasteiger partial charge in [-0.05, 0) is 30.7 Å². The molecule has 136 valence electrons. The summed E-state index contributed by atoms with van der Waals surface area (Å²) in [6.07, 6.45) is 1.36. The number of aromatic nitrogens is 1. The number of fused-ring (bicyclic) bond motifs is 4. The highest BCUT2D eigenvalue weighted by Crippen LogP contribution is 2.34. The highest BCUT2D eigenvalue weighted by Gasteiger charge is 2.37. The van der Waals surface area contributed by atoms with Gasteiger partial charge in [0.05, 0.1) is 0 Å². The minimum Gasteiger partial charge on any atom is -0.480 e. The van der Waals surface area contributed by atoms with Crippen LogP contribution in [-0.2, 0) is 11.3 Å². The summed E-state index contributed by atoms with van der Waals surface area (Å²) in [4.78, 5) is 37.7. The summed E-state index contributed by atoms with van der Waals surface area (Å²) in [6.45, 7) is 5.55. The lowest BCUT2D eigenvalue weighted by Gasteiger charge is -2.42. The van der Waals surface area contributed by atoms with E-state index in [0.717, 1.165) is 12.1 Å². The van der Waals surface area contributed by atoms with Crippen molar-refractivity contribution in [1.29, 1.82) is 0 Å². The molecule has 0 unspecified atom stereocenters. The number of carbonyl (C=O) groups excluding carboxylic acids is 1. The van der Waals surface area contributed by atoms with Gasteiger partial charge >= 0.3 is 12.0 Å². The predicted octanol–water partition coefficient (Wildman–Crippen LogP) is 1.48. The number of urea groups is 1. The van der Waals surface area contributed by atoms with Crippen LogP contribution in [0.1, 0.15) is 38.3 Å². The smallest absolute Gasteiger partial charge is 0.326 e. The average Bonchev–Trinajstić information content (AvgIpc) is 2.54. The summed E-state index contributed by atoms with van der Waals surface area (Å²) in [5, 5.41) is 12.0. The first kappa shape index (κ1) is 17.5. The summed E-state index contributed by atoms with van der Waals surface area (Å²) < 4.78 is 1.81. The van der Waals surface area contributed by atoms with Crippen LogP contribution in [0.15, 0.2) is 23.0 Å². The van der Waals surface area contributed by atoms with Gasteiger partial charge < -0.3 is 19.9 Å². The van der Waals surface area contributed by atoms with E-state index >= 15 is 0 Å². The Morgan fingerprint density at radius 3 is 2.72 bits per heavy atom. The molecular weight excluding hydrogens is 322 g/mol. The van der Waals surface area contributed by atoms with Crippen molar-refractivity contribution in [2.24, 2.45) is 11.8 Å². The van der Waals surface area contributed by atoms with Crippen molar-refractivity contribution < 1.29 is 14.7 Å². The first-order valence-corrected chi connectivity index (χ1v) is 8.83. The largest absolute Gasteiger partial charge is 0.480 e. The Morgan fingerprint density at radius 1 is 1.28 bits per heavy atom. The molecule has 3 rings (SSSR count). The number of hydrogen-bond donors (Lipinski definition) is 2. The number of amides is 2. The zero-order valence-corrected chi connectivity index (χ0v) is 14.6. The van der Waals surface area contributed by atoms with Crippen molar-refractivity contribution >= 4 is 12.0 Å². The number of carbonyl (C=O) groups is 2. The number of nitrogens with one attached hydrogen (secondary N) is 1. The lowest BCUT2D eigenvalue weighted by molar-refractivity contribution is -0.139. The van der Waals surface area contributed by atoms with Gasteiger partial charge in [-0.15, -0.1) is 0 Å². The number of aliphatic carboxylic acids is 1. The third-order valence-corrected chi connectivity index (χ3v) is 5.07. The fourth-order valence-electron chi connectivity index (χ4n) is 4.00. The SMILES string of the molecule is CC(C)C[C@H](NC(=O)N1C[C@H]2C[C@@H](C1)c1cccc(=O)n1C2)C(=O)O. The molecule has 7 nitrogen and oxygen atoms in total.